The van der Waals surface area contributed by atoms with Crippen molar-refractivity contribution >= 4 is 0 Å². The quantitative estimate of drug-likeness (QED) is 0.732. The molecule has 0 fully saturated rings. The van der Waals surface area contributed by atoms with E-state index in [9.17, 15) is 0 Å². The molecule has 2 aromatic carbocycles. The standard InChI is InChI=1S/C17H17NO3/c1-19-17-4-2-3-15(11-17)13-20-9-10-21-16-7-5-14(12-18)6-8-16/h2-8,11H,9-10,13H2,1H3. The molecule has 0 aromatic heterocycles. The first kappa shape index (κ1) is 14.9. The lowest BCUT2D eigenvalue weighted by Crippen LogP contribution is -2.06. The second-order valence-electron chi connectivity index (χ2n) is 4.39. The van der Waals surface area contributed by atoms with Crippen LogP contribution in [-0.2, 0) is 11.3 Å². The molecule has 0 aliphatic carbocycles. The van der Waals surface area contributed by atoms with E-state index in [0.29, 0.717) is 25.4 Å². The molecule has 0 aliphatic rings. The molecular weight excluding hydrogens is 266 g/mol. The van der Waals surface area contributed by atoms with Crippen molar-refractivity contribution in [1.82, 2.24) is 0 Å². The van der Waals surface area contributed by atoms with E-state index in [1.165, 1.54) is 0 Å². The Hall–Kier alpha value is -2.51. The summed E-state index contributed by atoms with van der Waals surface area (Å²) in [5.41, 5.74) is 1.68. The Bertz CT molecular complexity index is 602. The molecule has 0 heterocycles. The summed E-state index contributed by atoms with van der Waals surface area (Å²) in [5, 5.41) is 8.70. The summed E-state index contributed by atoms with van der Waals surface area (Å²) < 4.78 is 16.2. The normalized spacial score (nSPS) is 9.90. The van der Waals surface area contributed by atoms with Crippen LogP contribution in [0.25, 0.3) is 0 Å². The molecule has 2 rings (SSSR count). The minimum Gasteiger partial charge on any atom is -0.497 e. The third-order valence-electron chi connectivity index (χ3n) is 2.88. The summed E-state index contributed by atoms with van der Waals surface area (Å²) in [7, 11) is 1.64. The Morgan fingerprint density at radius 2 is 1.81 bits per heavy atom. The van der Waals surface area contributed by atoms with E-state index >= 15 is 0 Å². The van der Waals surface area contributed by atoms with Crippen LogP contribution in [0.4, 0.5) is 0 Å². The Morgan fingerprint density at radius 1 is 1.00 bits per heavy atom. The van der Waals surface area contributed by atoms with Crippen molar-refractivity contribution in [3.8, 4) is 17.6 Å². The molecule has 0 saturated carbocycles. The average Bonchev–Trinajstić information content (AvgIpc) is 2.55. The van der Waals surface area contributed by atoms with Gasteiger partial charge in [-0.25, -0.2) is 0 Å². The highest BCUT2D eigenvalue weighted by atomic mass is 16.5. The van der Waals surface area contributed by atoms with Crippen LogP contribution in [-0.4, -0.2) is 20.3 Å². The smallest absolute Gasteiger partial charge is 0.119 e. The summed E-state index contributed by atoms with van der Waals surface area (Å²) in [4.78, 5) is 0. The molecular formula is C17H17NO3. The first-order chi connectivity index (χ1) is 10.3. The Kier molecular flexibility index (Phi) is 5.62. The summed E-state index contributed by atoms with van der Waals surface area (Å²) in [6.45, 7) is 1.49. The van der Waals surface area contributed by atoms with Crippen molar-refractivity contribution in [2.45, 2.75) is 6.61 Å². The van der Waals surface area contributed by atoms with Crippen LogP contribution in [0.3, 0.4) is 0 Å². The second-order valence-corrected chi connectivity index (χ2v) is 4.39. The fourth-order valence-corrected chi connectivity index (χ4v) is 1.80. The maximum atomic E-state index is 8.70. The van der Waals surface area contributed by atoms with E-state index in [4.69, 9.17) is 19.5 Å². The number of methoxy groups -OCH3 is 1. The van der Waals surface area contributed by atoms with Crippen LogP contribution in [0, 0.1) is 11.3 Å². The van der Waals surface area contributed by atoms with Crippen molar-refractivity contribution in [3.63, 3.8) is 0 Å². The highest BCUT2D eigenvalue weighted by Crippen LogP contribution is 2.13. The zero-order chi connectivity index (χ0) is 14.9. The Morgan fingerprint density at radius 3 is 2.52 bits per heavy atom. The number of hydrogen-bond acceptors (Lipinski definition) is 4. The van der Waals surface area contributed by atoms with Crippen molar-refractivity contribution in [1.29, 1.82) is 5.26 Å². The monoisotopic (exact) mass is 283 g/mol. The summed E-state index contributed by atoms with van der Waals surface area (Å²) in [5.74, 6) is 1.56. The summed E-state index contributed by atoms with van der Waals surface area (Å²) in [6, 6.07) is 16.9. The number of rotatable bonds is 7. The predicted molar refractivity (Wildman–Crippen MR) is 79.3 cm³/mol. The second kappa shape index (κ2) is 7.93. The third-order valence-corrected chi connectivity index (χ3v) is 2.88. The number of benzene rings is 2. The van der Waals surface area contributed by atoms with E-state index in [2.05, 4.69) is 6.07 Å². The first-order valence-corrected chi connectivity index (χ1v) is 6.65. The third kappa shape index (κ3) is 4.83. The lowest BCUT2D eigenvalue weighted by atomic mass is 10.2. The zero-order valence-electron chi connectivity index (χ0n) is 11.9. The van der Waals surface area contributed by atoms with Crippen molar-refractivity contribution in [2.75, 3.05) is 20.3 Å². The van der Waals surface area contributed by atoms with Gasteiger partial charge in [0.25, 0.3) is 0 Å². The van der Waals surface area contributed by atoms with Crippen LogP contribution in [0.2, 0.25) is 0 Å². The summed E-state index contributed by atoms with van der Waals surface area (Å²) >= 11 is 0. The number of nitrogens with zero attached hydrogens (tertiary/aromatic N) is 1. The molecule has 4 heteroatoms. The van der Waals surface area contributed by atoms with Crippen LogP contribution < -0.4 is 9.47 Å². The number of ether oxygens (including phenoxy) is 3. The van der Waals surface area contributed by atoms with E-state index in [1.807, 2.05) is 24.3 Å². The minimum atomic E-state index is 0.468. The molecule has 0 N–H and O–H groups in total. The van der Waals surface area contributed by atoms with Crippen LogP contribution in [0.5, 0.6) is 11.5 Å². The SMILES string of the molecule is COc1cccc(COCCOc2ccc(C#N)cc2)c1. The molecule has 0 radical (unpaired) electrons. The zero-order valence-corrected chi connectivity index (χ0v) is 11.9. The van der Waals surface area contributed by atoms with Gasteiger partial charge in [0.05, 0.1) is 32.0 Å². The molecule has 4 nitrogen and oxygen atoms in total. The van der Waals surface area contributed by atoms with Gasteiger partial charge in [0.15, 0.2) is 0 Å². The molecule has 0 spiro atoms. The van der Waals surface area contributed by atoms with Gasteiger partial charge in [-0.2, -0.15) is 5.26 Å². The molecule has 0 atom stereocenters. The number of hydrogen-bond donors (Lipinski definition) is 0. The van der Waals surface area contributed by atoms with E-state index in [0.717, 1.165) is 17.1 Å². The molecule has 21 heavy (non-hydrogen) atoms. The largest absolute Gasteiger partial charge is 0.497 e. The minimum absolute atomic E-state index is 0.468. The van der Waals surface area contributed by atoms with Gasteiger partial charge in [0, 0.05) is 0 Å². The fourth-order valence-electron chi connectivity index (χ4n) is 1.80. The lowest BCUT2D eigenvalue weighted by Gasteiger charge is -2.08. The Labute approximate surface area is 124 Å². The highest BCUT2D eigenvalue weighted by Gasteiger charge is 1.98. The van der Waals surface area contributed by atoms with E-state index < -0.39 is 0 Å². The molecule has 108 valence electrons. The van der Waals surface area contributed by atoms with Crippen LogP contribution in [0.1, 0.15) is 11.1 Å². The van der Waals surface area contributed by atoms with Crippen LogP contribution >= 0.6 is 0 Å². The van der Waals surface area contributed by atoms with Crippen molar-refractivity contribution in [2.24, 2.45) is 0 Å². The first-order valence-electron chi connectivity index (χ1n) is 6.65. The van der Waals surface area contributed by atoms with Gasteiger partial charge in [0.2, 0.25) is 0 Å². The van der Waals surface area contributed by atoms with Gasteiger partial charge >= 0.3 is 0 Å². The molecule has 0 saturated heterocycles. The Balaban J connectivity index is 1.68. The summed E-state index contributed by atoms with van der Waals surface area (Å²) in [6.07, 6.45) is 0. The number of nitriles is 1. The van der Waals surface area contributed by atoms with E-state index in [1.54, 1.807) is 31.4 Å². The molecule has 0 aliphatic heterocycles. The average molecular weight is 283 g/mol. The lowest BCUT2D eigenvalue weighted by molar-refractivity contribution is 0.0888. The molecule has 0 unspecified atom stereocenters. The maximum absolute atomic E-state index is 8.70. The van der Waals surface area contributed by atoms with Gasteiger partial charge in [-0.05, 0) is 42.0 Å². The molecule has 0 amide bonds. The molecule has 2 aromatic rings. The van der Waals surface area contributed by atoms with Crippen LogP contribution in [0.15, 0.2) is 48.5 Å². The van der Waals surface area contributed by atoms with Gasteiger partial charge in [0.1, 0.15) is 18.1 Å². The van der Waals surface area contributed by atoms with Gasteiger partial charge in [-0.3, -0.25) is 0 Å². The van der Waals surface area contributed by atoms with Gasteiger partial charge in [-0.15, -0.1) is 0 Å². The maximum Gasteiger partial charge on any atom is 0.119 e. The van der Waals surface area contributed by atoms with Gasteiger partial charge < -0.3 is 14.2 Å². The van der Waals surface area contributed by atoms with Gasteiger partial charge in [-0.1, -0.05) is 12.1 Å². The highest BCUT2D eigenvalue weighted by molar-refractivity contribution is 5.34. The fraction of sp³-hybridized carbons (Fsp3) is 0.235. The van der Waals surface area contributed by atoms with Crippen molar-refractivity contribution < 1.29 is 14.2 Å². The topological polar surface area (TPSA) is 51.5 Å². The van der Waals surface area contributed by atoms with E-state index in [-0.39, 0.29) is 0 Å². The van der Waals surface area contributed by atoms with Crippen molar-refractivity contribution in [3.05, 3.63) is 59.7 Å². The predicted octanol–water partition coefficient (Wildman–Crippen LogP) is 3.16. The molecule has 0 bridgehead atoms.